The molecule has 2 nitrogen and oxygen atoms in total. The normalized spacial score (nSPS) is 11.6. The molecule has 2 aromatic rings. The Labute approximate surface area is 117 Å². The summed E-state index contributed by atoms with van der Waals surface area (Å²) < 4.78 is 1.94. The fourth-order valence-corrected chi connectivity index (χ4v) is 2.58. The number of halogens is 2. The average Bonchev–Trinajstić information content (AvgIpc) is 2.35. The molecule has 0 spiro atoms. The van der Waals surface area contributed by atoms with E-state index in [-0.39, 0.29) is 0 Å². The molecule has 86 valence electrons. The van der Waals surface area contributed by atoms with E-state index >= 15 is 0 Å². The number of aliphatic imine (C=N–C) groups is 1. The molecule has 0 saturated heterocycles. The molecule has 0 unspecified atom stereocenters. The third-order valence-electron chi connectivity index (χ3n) is 2.30. The minimum absolute atomic E-state index is 0.897. The largest absolute Gasteiger partial charge is 0.264 e. The molecule has 1 aromatic heterocycles. The third-order valence-corrected chi connectivity index (χ3v) is 3.58. The second kappa shape index (κ2) is 5.56. The fraction of sp³-hybridized carbons (Fsp3) is 0.0769. The first-order valence-electron chi connectivity index (χ1n) is 5.08. The minimum atomic E-state index is 0.897. The lowest BCUT2D eigenvalue weighted by Gasteiger charge is -2.04. The molecule has 0 fully saturated rings. The van der Waals surface area contributed by atoms with Crippen LogP contribution in [0.4, 0.5) is 5.69 Å². The van der Waals surface area contributed by atoms with E-state index < -0.39 is 0 Å². The predicted octanol–water partition coefficient (Wildman–Crippen LogP) is 4.75. The topological polar surface area (TPSA) is 25.2 Å². The van der Waals surface area contributed by atoms with Crippen LogP contribution in [0.5, 0.6) is 0 Å². The number of rotatable bonds is 2. The first kappa shape index (κ1) is 12.5. The Morgan fingerprint density at radius 1 is 1.12 bits per heavy atom. The molecule has 2 rings (SSSR count). The standard InChI is InChI=1S/C13H10Br2N2/c1-9(10-4-3-7-16-8-10)17-13-11(14)5-2-6-12(13)15/h2-8H,1H3. The van der Waals surface area contributed by atoms with Crippen LogP contribution in [0, 0.1) is 0 Å². The number of hydrogen-bond donors (Lipinski definition) is 0. The van der Waals surface area contributed by atoms with Crippen LogP contribution >= 0.6 is 31.9 Å². The van der Waals surface area contributed by atoms with Gasteiger partial charge >= 0.3 is 0 Å². The van der Waals surface area contributed by atoms with Crippen molar-refractivity contribution in [3.8, 4) is 0 Å². The molecule has 0 N–H and O–H groups in total. The Bertz CT molecular complexity index is 530. The molecule has 17 heavy (non-hydrogen) atoms. The van der Waals surface area contributed by atoms with E-state index in [1.807, 2.05) is 43.5 Å². The van der Waals surface area contributed by atoms with E-state index in [0.29, 0.717) is 0 Å². The van der Waals surface area contributed by atoms with E-state index in [1.54, 1.807) is 6.20 Å². The fourth-order valence-electron chi connectivity index (χ4n) is 1.40. The van der Waals surface area contributed by atoms with Crippen LogP contribution in [0.2, 0.25) is 0 Å². The summed E-state index contributed by atoms with van der Waals surface area (Å²) in [7, 11) is 0. The Hall–Kier alpha value is -1.00. The molecule has 4 heteroatoms. The van der Waals surface area contributed by atoms with Crippen molar-refractivity contribution in [3.05, 3.63) is 57.2 Å². The molecule has 0 amide bonds. The van der Waals surface area contributed by atoms with E-state index in [0.717, 1.165) is 25.9 Å². The maximum atomic E-state index is 4.61. The summed E-state index contributed by atoms with van der Waals surface area (Å²) >= 11 is 6.99. The van der Waals surface area contributed by atoms with Crippen molar-refractivity contribution in [1.29, 1.82) is 0 Å². The van der Waals surface area contributed by atoms with Gasteiger partial charge in [0.2, 0.25) is 0 Å². The van der Waals surface area contributed by atoms with Gasteiger partial charge in [-0.05, 0) is 57.0 Å². The van der Waals surface area contributed by atoms with Gasteiger partial charge in [-0.15, -0.1) is 0 Å². The van der Waals surface area contributed by atoms with Crippen molar-refractivity contribution in [3.63, 3.8) is 0 Å². The van der Waals surface area contributed by atoms with Crippen molar-refractivity contribution in [1.82, 2.24) is 4.98 Å². The third kappa shape index (κ3) is 3.01. The smallest absolute Gasteiger partial charge is 0.0916 e. The Morgan fingerprint density at radius 3 is 2.41 bits per heavy atom. The van der Waals surface area contributed by atoms with Gasteiger partial charge in [0.25, 0.3) is 0 Å². The van der Waals surface area contributed by atoms with E-state index in [9.17, 15) is 0 Å². The SMILES string of the molecule is CC(=Nc1c(Br)cccc1Br)c1cccnc1. The number of nitrogens with zero attached hydrogens (tertiary/aromatic N) is 2. The molecule has 0 aliphatic rings. The second-order valence-corrected chi connectivity index (χ2v) is 5.22. The van der Waals surface area contributed by atoms with Gasteiger partial charge in [-0.1, -0.05) is 12.1 Å². The van der Waals surface area contributed by atoms with E-state index in [2.05, 4.69) is 41.8 Å². The van der Waals surface area contributed by atoms with Gasteiger partial charge in [-0.2, -0.15) is 0 Å². The highest BCUT2D eigenvalue weighted by Gasteiger charge is 2.04. The number of aromatic nitrogens is 1. The summed E-state index contributed by atoms with van der Waals surface area (Å²) in [5, 5.41) is 0. The summed E-state index contributed by atoms with van der Waals surface area (Å²) in [5.74, 6) is 0. The highest BCUT2D eigenvalue weighted by atomic mass is 79.9. The zero-order valence-corrected chi connectivity index (χ0v) is 12.4. The van der Waals surface area contributed by atoms with Crippen LogP contribution in [0.1, 0.15) is 12.5 Å². The average molecular weight is 354 g/mol. The second-order valence-electron chi connectivity index (χ2n) is 3.51. The van der Waals surface area contributed by atoms with Crippen LogP contribution in [0.15, 0.2) is 56.7 Å². The highest BCUT2D eigenvalue weighted by molar-refractivity contribution is 9.11. The summed E-state index contributed by atoms with van der Waals surface area (Å²) in [6, 6.07) is 9.81. The monoisotopic (exact) mass is 352 g/mol. The van der Waals surface area contributed by atoms with E-state index in [1.165, 1.54) is 0 Å². The summed E-state index contributed by atoms with van der Waals surface area (Å²) in [6.45, 7) is 1.98. The van der Waals surface area contributed by atoms with Crippen molar-refractivity contribution in [2.24, 2.45) is 4.99 Å². The van der Waals surface area contributed by atoms with Gasteiger partial charge < -0.3 is 0 Å². The van der Waals surface area contributed by atoms with Crippen molar-refractivity contribution in [2.75, 3.05) is 0 Å². The van der Waals surface area contributed by atoms with E-state index in [4.69, 9.17) is 0 Å². The quantitative estimate of drug-likeness (QED) is 0.715. The molecular weight excluding hydrogens is 344 g/mol. The minimum Gasteiger partial charge on any atom is -0.264 e. The van der Waals surface area contributed by atoms with Crippen LogP contribution < -0.4 is 0 Å². The zero-order valence-electron chi connectivity index (χ0n) is 9.19. The van der Waals surface area contributed by atoms with Crippen LogP contribution in [-0.2, 0) is 0 Å². The number of para-hydroxylation sites is 1. The van der Waals surface area contributed by atoms with Gasteiger partial charge in [0.15, 0.2) is 0 Å². The summed E-state index contributed by atoms with van der Waals surface area (Å²) in [6.07, 6.45) is 3.56. The first-order chi connectivity index (χ1) is 8.18. The Balaban J connectivity index is 2.43. The lowest BCUT2D eigenvalue weighted by molar-refractivity contribution is 1.31. The lowest BCUT2D eigenvalue weighted by atomic mass is 10.2. The molecule has 1 aromatic carbocycles. The van der Waals surface area contributed by atoms with Crippen molar-refractivity contribution >= 4 is 43.3 Å². The van der Waals surface area contributed by atoms with Gasteiger partial charge in [-0.3, -0.25) is 9.98 Å². The molecule has 1 heterocycles. The number of hydrogen-bond acceptors (Lipinski definition) is 2. The van der Waals surface area contributed by atoms with Gasteiger partial charge in [0.1, 0.15) is 0 Å². The van der Waals surface area contributed by atoms with Gasteiger partial charge in [0.05, 0.1) is 5.69 Å². The molecule has 0 aliphatic heterocycles. The van der Waals surface area contributed by atoms with Crippen molar-refractivity contribution < 1.29 is 0 Å². The lowest BCUT2D eigenvalue weighted by Crippen LogP contribution is -1.94. The zero-order chi connectivity index (χ0) is 12.3. The molecular formula is C13H10Br2N2. The maximum Gasteiger partial charge on any atom is 0.0916 e. The molecule has 0 atom stereocenters. The van der Waals surface area contributed by atoms with Gasteiger partial charge in [0, 0.05) is 32.6 Å². The van der Waals surface area contributed by atoms with Crippen LogP contribution in [-0.4, -0.2) is 10.7 Å². The summed E-state index contributed by atoms with van der Waals surface area (Å²) in [5.41, 5.74) is 2.86. The first-order valence-corrected chi connectivity index (χ1v) is 6.67. The van der Waals surface area contributed by atoms with Crippen LogP contribution in [0.25, 0.3) is 0 Å². The Kier molecular flexibility index (Phi) is 4.07. The van der Waals surface area contributed by atoms with Crippen LogP contribution in [0.3, 0.4) is 0 Å². The number of benzene rings is 1. The predicted molar refractivity (Wildman–Crippen MR) is 78.0 cm³/mol. The van der Waals surface area contributed by atoms with Crippen molar-refractivity contribution in [2.45, 2.75) is 6.92 Å². The summed E-state index contributed by atoms with van der Waals surface area (Å²) in [4.78, 5) is 8.70. The molecule has 0 radical (unpaired) electrons. The highest BCUT2D eigenvalue weighted by Crippen LogP contribution is 2.33. The maximum absolute atomic E-state index is 4.61. The van der Waals surface area contributed by atoms with Gasteiger partial charge in [-0.25, -0.2) is 0 Å². The Morgan fingerprint density at radius 2 is 1.82 bits per heavy atom. The number of pyridine rings is 1. The molecule has 0 aliphatic carbocycles. The molecule has 0 saturated carbocycles. The molecule has 0 bridgehead atoms.